The van der Waals surface area contributed by atoms with E-state index in [-0.39, 0.29) is 13.2 Å². The number of alkyl halides is 2. The lowest BCUT2D eigenvalue weighted by Crippen LogP contribution is -2.09. The third-order valence-electron chi connectivity index (χ3n) is 0.632. The molecule has 0 aromatic carbocycles. The summed E-state index contributed by atoms with van der Waals surface area (Å²) in [6.45, 7) is -1.99. The van der Waals surface area contributed by atoms with Crippen LogP contribution < -0.4 is 0 Å². The van der Waals surface area contributed by atoms with E-state index in [0.29, 0.717) is 0 Å². The number of hydrogen-bond donors (Lipinski definition) is 0. The van der Waals surface area contributed by atoms with Crippen molar-refractivity contribution in [2.75, 3.05) is 13.2 Å². The molecule has 60 valence electrons. The molecule has 0 radical (unpaired) electrons. The Hall–Kier alpha value is -0.710. The highest BCUT2D eigenvalue weighted by atomic mass is 19.3. The fourth-order valence-corrected chi connectivity index (χ4v) is 0.323. The van der Waals surface area contributed by atoms with E-state index in [1.807, 2.05) is 0 Å². The van der Waals surface area contributed by atoms with Gasteiger partial charge in [0.15, 0.2) is 0 Å². The largest absolute Gasteiger partial charge is 0.463 e. The van der Waals surface area contributed by atoms with Crippen LogP contribution in [0.3, 0.4) is 0 Å². The Balaban J connectivity index is 2.98. The van der Waals surface area contributed by atoms with Gasteiger partial charge in [0, 0.05) is 6.92 Å². The molecule has 0 saturated heterocycles. The van der Waals surface area contributed by atoms with Crippen LogP contribution in [-0.4, -0.2) is 25.8 Å². The first-order valence-electron chi connectivity index (χ1n) is 2.66. The van der Waals surface area contributed by atoms with Crippen LogP contribution in [0.4, 0.5) is 8.78 Å². The standard InChI is InChI=1S/C5H8F2O3/c1-4(8)9-2-3-10-5(6)7/h5H,2-3H2,1H3. The fraction of sp³-hybridized carbons (Fsp3) is 0.800. The summed E-state index contributed by atoms with van der Waals surface area (Å²) in [5.41, 5.74) is 0. The molecule has 0 unspecified atom stereocenters. The van der Waals surface area contributed by atoms with Crippen molar-refractivity contribution in [1.29, 1.82) is 0 Å². The Bertz CT molecular complexity index is 105. The Morgan fingerprint density at radius 3 is 2.50 bits per heavy atom. The Morgan fingerprint density at radius 1 is 1.50 bits per heavy atom. The van der Waals surface area contributed by atoms with Crippen molar-refractivity contribution in [2.45, 2.75) is 13.5 Å². The first kappa shape index (κ1) is 9.29. The summed E-state index contributed by atoms with van der Waals surface area (Å²) in [5, 5.41) is 0. The molecule has 0 spiro atoms. The van der Waals surface area contributed by atoms with Crippen LogP contribution in [0, 0.1) is 0 Å². The van der Waals surface area contributed by atoms with Crippen LogP contribution >= 0.6 is 0 Å². The molecule has 0 fully saturated rings. The second kappa shape index (κ2) is 5.10. The minimum absolute atomic E-state index is 0.125. The minimum Gasteiger partial charge on any atom is -0.463 e. The minimum atomic E-state index is -2.80. The zero-order chi connectivity index (χ0) is 7.98. The lowest BCUT2D eigenvalue weighted by molar-refractivity contribution is -0.155. The van der Waals surface area contributed by atoms with Crippen molar-refractivity contribution in [3.63, 3.8) is 0 Å². The quantitative estimate of drug-likeness (QED) is 0.443. The molecule has 0 amide bonds. The number of esters is 1. The van der Waals surface area contributed by atoms with Gasteiger partial charge >= 0.3 is 12.6 Å². The van der Waals surface area contributed by atoms with E-state index >= 15 is 0 Å². The van der Waals surface area contributed by atoms with Gasteiger partial charge < -0.3 is 9.47 Å². The SMILES string of the molecule is CC(=O)OCCOC(F)F. The number of rotatable bonds is 4. The molecule has 0 aromatic heterocycles. The molecule has 0 aliphatic heterocycles. The van der Waals surface area contributed by atoms with E-state index in [0.717, 1.165) is 0 Å². The summed E-state index contributed by atoms with van der Waals surface area (Å²) in [5.74, 6) is -0.502. The smallest absolute Gasteiger partial charge is 0.345 e. The summed E-state index contributed by atoms with van der Waals surface area (Å²) in [4.78, 5) is 10.0. The van der Waals surface area contributed by atoms with E-state index in [4.69, 9.17) is 0 Å². The molecular formula is C5H8F2O3. The number of carbonyl (C=O) groups is 1. The molecule has 0 heterocycles. The van der Waals surface area contributed by atoms with Crippen LogP contribution in [0.2, 0.25) is 0 Å². The second-order valence-electron chi connectivity index (χ2n) is 1.47. The lowest BCUT2D eigenvalue weighted by atomic mass is 10.7. The van der Waals surface area contributed by atoms with Crippen LogP contribution in [0.1, 0.15) is 6.92 Å². The number of halogens is 2. The van der Waals surface area contributed by atoms with E-state index < -0.39 is 12.6 Å². The predicted molar refractivity (Wildman–Crippen MR) is 28.6 cm³/mol. The third kappa shape index (κ3) is 7.29. The summed E-state index contributed by atoms with van der Waals surface area (Å²) >= 11 is 0. The van der Waals surface area contributed by atoms with Gasteiger partial charge in [0.25, 0.3) is 0 Å². The Morgan fingerprint density at radius 2 is 2.10 bits per heavy atom. The van der Waals surface area contributed by atoms with Crippen LogP contribution in [-0.2, 0) is 14.3 Å². The van der Waals surface area contributed by atoms with Crippen LogP contribution in [0.15, 0.2) is 0 Å². The predicted octanol–water partition coefficient (Wildman–Crippen LogP) is 0.789. The summed E-state index contributed by atoms with van der Waals surface area (Å²) in [6, 6.07) is 0. The fourth-order valence-electron chi connectivity index (χ4n) is 0.323. The Labute approximate surface area is 56.9 Å². The van der Waals surface area contributed by atoms with Crippen LogP contribution in [0.25, 0.3) is 0 Å². The molecule has 0 bridgehead atoms. The van der Waals surface area contributed by atoms with Gasteiger partial charge in [-0.1, -0.05) is 0 Å². The first-order valence-corrected chi connectivity index (χ1v) is 2.66. The van der Waals surface area contributed by atoms with Gasteiger partial charge in [-0.3, -0.25) is 4.79 Å². The summed E-state index contributed by atoms with van der Waals surface area (Å²) in [6.07, 6.45) is 0. The maximum atomic E-state index is 11.2. The average Bonchev–Trinajstić information content (AvgIpc) is 1.79. The van der Waals surface area contributed by atoms with E-state index in [1.165, 1.54) is 6.92 Å². The highest BCUT2D eigenvalue weighted by Crippen LogP contribution is 1.93. The first-order chi connectivity index (χ1) is 4.63. The maximum Gasteiger partial charge on any atom is 0.345 e. The molecule has 0 saturated carbocycles. The van der Waals surface area contributed by atoms with Crippen LogP contribution in [0.5, 0.6) is 0 Å². The zero-order valence-electron chi connectivity index (χ0n) is 5.47. The number of carbonyl (C=O) groups excluding carboxylic acids is 1. The van der Waals surface area contributed by atoms with Gasteiger partial charge in [0.2, 0.25) is 0 Å². The Kier molecular flexibility index (Phi) is 4.74. The van der Waals surface area contributed by atoms with Gasteiger partial charge in [-0.05, 0) is 0 Å². The average molecular weight is 154 g/mol. The molecule has 10 heavy (non-hydrogen) atoms. The molecule has 0 N–H and O–H groups in total. The molecule has 3 nitrogen and oxygen atoms in total. The van der Waals surface area contributed by atoms with Gasteiger partial charge in [-0.15, -0.1) is 0 Å². The van der Waals surface area contributed by atoms with E-state index in [1.54, 1.807) is 0 Å². The van der Waals surface area contributed by atoms with Crippen molar-refractivity contribution in [3.05, 3.63) is 0 Å². The summed E-state index contributed by atoms with van der Waals surface area (Å²) < 4.78 is 30.5. The zero-order valence-corrected chi connectivity index (χ0v) is 5.47. The maximum absolute atomic E-state index is 11.2. The van der Waals surface area contributed by atoms with Gasteiger partial charge in [-0.2, -0.15) is 8.78 Å². The monoisotopic (exact) mass is 154 g/mol. The second-order valence-corrected chi connectivity index (χ2v) is 1.47. The van der Waals surface area contributed by atoms with Crippen molar-refractivity contribution >= 4 is 5.97 Å². The summed E-state index contributed by atoms with van der Waals surface area (Å²) in [7, 11) is 0. The van der Waals surface area contributed by atoms with Crippen molar-refractivity contribution in [2.24, 2.45) is 0 Å². The number of hydrogen-bond acceptors (Lipinski definition) is 3. The molecule has 0 aliphatic rings. The lowest BCUT2D eigenvalue weighted by Gasteiger charge is -2.01. The molecule has 0 atom stereocenters. The number of ether oxygens (including phenoxy) is 2. The molecule has 5 heteroatoms. The molecule has 0 aromatic rings. The van der Waals surface area contributed by atoms with Gasteiger partial charge in [0.1, 0.15) is 6.61 Å². The highest BCUT2D eigenvalue weighted by Gasteiger charge is 2.00. The van der Waals surface area contributed by atoms with E-state index in [9.17, 15) is 13.6 Å². The van der Waals surface area contributed by atoms with Gasteiger partial charge in [0.05, 0.1) is 6.61 Å². The normalized spacial score (nSPS) is 10.0. The van der Waals surface area contributed by atoms with E-state index in [2.05, 4.69) is 9.47 Å². The molecule has 0 rings (SSSR count). The third-order valence-corrected chi connectivity index (χ3v) is 0.632. The van der Waals surface area contributed by atoms with Crippen molar-refractivity contribution in [1.82, 2.24) is 0 Å². The molecule has 0 aliphatic carbocycles. The van der Waals surface area contributed by atoms with Gasteiger partial charge in [-0.25, -0.2) is 0 Å². The van der Waals surface area contributed by atoms with Crippen molar-refractivity contribution < 1.29 is 23.0 Å². The molecular weight excluding hydrogens is 146 g/mol. The highest BCUT2D eigenvalue weighted by molar-refractivity contribution is 5.65. The topological polar surface area (TPSA) is 35.5 Å². The van der Waals surface area contributed by atoms with Crippen molar-refractivity contribution in [3.8, 4) is 0 Å².